The second-order valence-corrected chi connectivity index (χ2v) is 9.39. The van der Waals surface area contributed by atoms with Crippen molar-refractivity contribution in [3.05, 3.63) is 94.0 Å². The molecule has 0 saturated carbocycles. The molecule has 1 aliphatic rings. The maximum Gasteiger partial charge on any atom is 0.129 e. The van der Waals surface area contributed by atoms with Crippen LogP contribution in [0.15, 0.2) is 60.9 Å². The highest BCUT2D eigenvalue weighted by Crippen LogP contribution is 2.38. The van der Waals surface area contributed by atoms with Crippen molar-refractivity contribution >= 4 is 11.6 Å². The van der Waals surface area contributed by atoms with Crippen molar-refractivity contribution in [2.24, 2.45) is 0 Å². The van der Waals surface area contributed by atoms with Crippen molar-refractivity contribution in [1.29, 1.82) is 0 Å². The van der Waals surface area contributed by atoms with E-state index in [1.54, 1.807) is 0 Å². The predicted molar refractivity (Wildman–Crippen MR) is 137 cm³/mol. The van der Waals surface area contributed by atoms with Crippen LogP contribution in [0.4, 0.5) is 0 Å². The molecule has 174 valence electrons. The highest BCUT2D eigenvalue weighted by Gasteiger charge is 2.31. The molecule has 1 saturated heterocycles. The van der Waals surface area contributed by atoms with Crippen LogP contribution in [-0.4, -0.2) is 46.2 Å². The van der Waals surface area contributed by atoms with Gasteiger partial charge in [-0.3, -0.25) is 9.88 Å². The molecule has 0 spiro atoms. The minimum atomic E-state index is 0.00568. The summed E-state index contributed by atoms with van der Waals surface area (Å²) in [5, 5.41) is 0.714. The van der Waals surface area contributed by atoms with Crippen molar-refractivity contribution < 1.29 is 4.74 Å². The largest absolute Gasteiger partial charge is 0.379 e. The number of halogens is 1. The zero-order chi connectivity index (χ0) is 23.7. The van der Waals surface area contributed by atoms with Crippen LogP contribution in [0.1, 0.15) is 34.1 Å². The number of aromatic amines is 1. The van der Waals surface area contributed by atoms with E-state index in [-0.39, 0.29) is 6.04 Å². The minimum Gasteiger partial charge on any atom is -0.379 e. The van der Waals surface area contributed by atoms with E-state index in [1.165, 1.54) is 22.3 Å². The summed E-state index contributed by atoms with van der Waals surface area (Å²) in [5.74, 6) is 0.939. The molecule has 1 fully saturated rings. The summed E-state index contributed by atoms with van der Waals surface area (Å²) >= 11 is 6.19. The lowest BCUT2D eigenvalue weighted by atomic mass is 9.92. The monoisotopic (exact) mass is 472 g/mol. The van der Waals surface area contributed by atoms with E-state index in [2.05, 4.69) is 47.8 Å². The van der Waals surface area contributed by atoms with Gasteiger partial charge >= 0.3 is 0 Å². The molecule has 1 N–H and O–H groups in total. The molecular formula is C28H29ClN4O. The number of pyridine rings is 1. The number of benzene rings is 2. The zero-order valence-corrected chi connectivity index (χ0v) is 20.6. The average molecular weight is 473 g/mol. The number of aryl methyl sites for hydroxylation is 3. The van der Waals surface area contributed by atoms with Gasteiger partial charge in [0.25, 0.3) is 0 Å². The summed E-state index contributed by atoms with van der Waals surface area (Å²) in [7, 11) is 0. The highest BCUT2D eigenvalue weighted by molar-refractivity contribution is 6.30. The number of hydrogen-bond donors (Lipinski definition) is 1. The predicted octanol–water partition coefficient (Wildman–Crippen LogP) is 6.14. The Morgan fingerprint density at radius 1 is 0.912 bits per heavy atom. The summed E-state index contributed by atoms with van der Waals surface area (Å²) in [6.07, 6.45) is 3.62. The normalized spacial score (nSPS) is 15.4. The van der Waals surface area contributed by atoms with Crippen LogP contribution in [0, 0.1) is 20.8 Å². The van der Waals surface area contributed by atoms with Crippen molar-refractivity contribution in [1.82, 2.24) is 19.9 Å². The molecule has 5 nitrogen and oxygen atoms in total. The van der Waals surface area contributed by atoms with Gasteiger partial charge in [0.05, 0.1) is 30.6 Å². The summed E-state index contributed by atoms with van der Waals surface area (Å²) in [6, 6.07) is 16.5. The van der Waals surface area contributed by atoms with E-state index < -0.39 is 0 Å². The van der Waals surface area contributed by atoms with Crippen LogP contribution >= 0.6 is 11.6 Å². The number of morpholine rings is 1. The van der Waals surface area contributed by atoms with E-state index in [0.717, 1.165) is 54.6 Å². The van der Waals surface area contributed by atoms with Gasteiger partial charge in [-0.25, -0.2) is 4.98 Å². The summed E-state index contributed by atoms with van der Waals surface area (Å²) in [6.45, 7) is 9.73. The van der Waals surface area contributed by atoms with Gasteiger partial charge in [0, 0.05) is 41.6 Å². The second kappa shape index (κ2) is 9.71. The quantitative estimate of drug-likeness (QED) is 0.379. The third kappa shape index (κ3) is 4.51. The lowest BCUT2D eigenvalue weighted by molar-refractivity contribution is 0.0224. The van der Waals surface area contributed by atoms with Gasteiger partial charge in [0.2, 0.25) is 0 Å². The van der Waals surface area contributed by atoms with E-state index >= 15 is 0 Å². The first kappa shape index (κ1) is 22.8. The molecule has 3 heterocycles. The smallest absolute Gasteiger partial charge is 0.129 e. The third-order valence-electron chi connectivity index (χ3n) is 6.49. The molecule has 1 unspecified atom stereocenters. The van der Waals surface area contributed by atoms with Gasteiger partial charge in [0.15, 0.2) is 0 Å². The number of imidazole rings is 1. The SMILES string of the molecule is Cc1cc(C)c(C(c2nc(-c3ccncc3)c(-c3ccc(Cl)cc3)[nH]2)N2CCOCC2)c(C)c1. The van der Waals surface area contributed by atoms with Crippen molar-refractivity contribution in [3.8, 4) is 22.5 Å². The molecule has 0 amide bonds. The number of rotatable bonds is 5. The van der Waals surface area contributed by atoms with Crippen molar-refractivity contribution in [2.45, 2.75) is 26.8 Å². The molecule has 34 heavy (non-hydrogen) atoms. The number of ether oxygens (including phenoxy) is 1. The third-order valence-corrected chi connectivity index (χ3v) is 6.74. The molecule has 0 radical (unpaired) electrons. The maximum atomic E-state index is 6.19. The number of nitrogens with one attached hydrogen (secondary N) is 1. The number of aromatic nitrogens is 3. The van der Waals surface area contributed by atoms with Crippen LogP contribution in [-0.2, 0) is 4.74 Å². The fourth-order valence-corrected chi connectivity index (χ4v) is 5.14. The molecule has 0 aliphatic carbocycles. The zero-order valence-electron chi connectivity index (χ0n) is 19.8. The molecular weight excluding hydrogens is 444 g/mol. The Labute approximate surface area is 205 Å². The first-order valence-corrected chi connectivity index (χ1v) is 12.0. The van der Waals surface area contributed by atoms with Gasteiger partial charge in [-0.05, 0) is 61.7 Å². The van der Waals surface area contributed by atoms with Gasteiger partial charge in [-0.15, -0.1) is 0 Å². The molecule has 1 aliphatic heterocycles. The Hall–Kier alpha value is -2.99. The first-order valence-electron chi connectivity index (χ1n) is 11.7. The molecule has 4 aromatic rings. The van der Waals surface area contributed by atoms with Crippen molar-refractivity contribution in [2.75, 3.05) is 26.3 Å². The van der Waals surface area contributed by atoms with E-state index in [1.807, 2.05) is 48.8 Å². The van der Waals surface area contributed by atoms with Gasteiger partial charge in [0.1, 0.15) is 5.82 Å². The summed E-state index contributed by atoms with van der Waals surface area (Å²) in [5.41, 5.74) is 9.13. The Kier molecular flexibility index (Phi) is 6.50. The Bertz CT molecular complexity index is 1250. The summed E-state index contributed by atoms with van der Waals surface area (Å²) < 4.78 is 5.69. The van der Waals surface area contributed by atoms with Gasteiger partial charge in [-0.2, -0.15) is 0 Å². The second-order valence-electron chi connectivity index (χ2n) is 8.95. The lowest BCUT2D eigenvalue weighted by Crippen LogP contribution is -2.40. The van der Waals surface area contributed by atoms with E-state index in [4.69, 9.17) is 21.3 Å². The van der Waals surface area contributed by atoms with Crippen LogP contribution in [0.2, 0.25) is 5.02 Å². The van der Waals surface area contributed by atoms with Gasteiger partial charge in [-0.1, -0.05) is 41.4 Å². The number of nitrogens with zero attached hydrogens (tertiary/aromatic N) is 3. The first-order chi connectivity index (χ1) is 16.5. The van der Waals surface area contributed by atoms with Crippen LogP contribution in [0.25, 0.3) is 22.5 Å². The number of hydrogen-bond acceptors (Lipinski definition) is 4. The molecule has 0 bridgehead atoms. The molecule has 2 aromatic carbocycles. The Morgan fingerprint density at radius 3 is 2.21 bits per heavy atom. The fourth-order valence-electron chi connectivity index (χ4n) is 5.02. The molecule has 2 aromatic heterocycles. The standard InChI is InChI=1S/C28H29ClN4O/c1-18-16-19(2)24(20(3)17-18)27(33-12-14-34-15-13-33)28-31-25(21-4-6-23(29)7-5-21)26(32-28)22-8-10-30-11-9-22/h4-11,16-17,27H,12-15H2,1-3H3,(H,31,32). The lowest BCUT2D eigenvalue weighted by Gasteiger charge is -2.35. The van der Waals surface area contributed by atoms with Crippen molar-refractivity contribution in [3.63, 3.8) is 0 Å². The van der Waals surface area contributed by atoms with Crippen LogP contribution < -0.4 is 0 Å². The summed E-state index contributed by atoms with van der Waals surface area (Å²) in [4.78, 5) is 15.6. The molecule has 5 rings (SSSR count). The topological polar surface area (TPSA) is 54.0 Å². The Morgan fingerprint density at radius 2 is 1.56 bits per heavy atom. The van der Waals surface area contributed by atoms with Crippen LogP contribution in [0.3, 0.4) is 0 Å². The van der Waals surface area contributed by atoms with E-state index in [0.29, 0.717) is 5.02 Å². The number of H-pyrrole nitrogens is 1. The average Bonchev–Trinajstić information content (AvgIpc) is 3.28. The van der Waals surface area contributed by atoms with E-state index in [9.17, 15) is 0 Å². The van der Waals surface area contributed by atoms with Gasteiger partial charge < -0.3 is 9.72 Å². The molecule has 6 heteroatoms. The Balaban J connectivity index is 1.71. The minimum absolute atomic E-state index is 0.00568. The molecule has 1 atom stereocenters. The van der Waals surface area contributed by atoms with Crippen LogP contribution in [0.5, 0.6) is 0 Å². The maximum absolute atomic E-state index is 6.19. The highest BCUT2D eigenvalue weighted by atomic mass is 35.5. The fraction of sp³-hybridized carbons (Fsp3) is 0.286.